The lowest BCUT2D eigenvalue weighted by molar-refractivity contribution is -0.384. The highest BCUT2D eigenvalue weighted by Gasteiger charge is 2.15. The minimum absolute atomic E-state index is 0.0430. The number of nitro groups is 1. The molecule has 3 aromatic rings. The summed E-state index contributed by atoms with van der Waals surface area (Å²) >= 11 is 5.97. The van der Waals surface area contributed by atoms with E-state index in [1.807, 2.05) is 19.1 Å². The van der Waals surface area contributed by atoms with Gasteiger partial charge in [-0.2, -0.15) is 5.10 Å². The van der Waals surface area contributed by atoms with Gasteiger partial charge in [0.2, 0.25) is 0 Å². The van der Waals surface area contributed by atoms with Crippen LogP contribution in [0, 0.1) is 10.1 Å². The third-order valence-corrected chi connectivity index (χ3v) is 4.06. The van der Waals surface area contributed by atoms with Crippen molar-refractivity contribution >= 4 is 23.2 Å². The highest BCUT2D eigenvalue weighted by atomic mass is 35.5. The highest BCUT2D eigenvalue weighted by Crippen LogP contribution is 2.19. The zero-order valence-electron chi connectivity index (χ0n) is 13.8. The summed E-state index contributed by atoms with van der Waals surface area (Å²) in [6, 6.07) is 14.6. The zero-order chi connectivity index (χ0) is 18.7. The van der Waals surface area contributed by atoms with Crippen LogP contribution in [0.15, 0.2) is 60.8 Å². The third kappa shape index (κ3) is 3.89. The number of hydrogen-bond donors (Lipinski definition) is 1. The Labute approximate surface area is 154 Å². The van der Waals surface area contributed by atoms with Gasteiger partial charge in [-0.05, 0) is 36.8 Å². The van der Waals surface area contributed by atoms with Crippen LogP contribution in [0.1, 0.15) is 29.0 Å². The van der Waals surface area contributed by atoms with Crippen LogP contribution in [0.4, 0.5) is 5.69 Å². The van der Waals surface area contributed by atoms with Gasteiger partial charge in [0.1, 0.15) is 0 Å². The Balaban J connectivity index is 1.76. The number of carbonyl (C=O) groups excluding carboxylic acids is 1. The number of amides is 1. The summed E-state index contributed by atoms with van der Waals surface area (Å²) in [6.07, 6.45) is 1.58. The Morgan fingerprint density at radius 1 is 1.23 bits per heavy atom. The molecule has 0 aliphatic carbocycles. The molecular formula is C18H15ClN4O3. The molecule has 0 saturated carbocycles. The number of nitro benzene ring substituents is 1. The maximum Gasteiger partial charge on any atom is 0.272 e. The lowest BCUT2D eigenvalue weighted by Crippen LogP contribution is -2.27. The van der Waals surface area contributed by atoms with Crippen LogP contribution in [0.2, 0.25) is 5.02 Å². The zero-order valence-corrected chi connectivity index (χ0v) is 14.6. The summed E-state index contributed by atoms with van der Waals surface area (Å²) < 4.78 is 1.42. The summed E-state index contributed by atoms with van der Waals surface area (Å²) in [4.78, 5) is 22.8. The Kier molecular flexibility index (Phi) is 4.99. The molecule has 1 aromatic heterocycles. The summed E-state index contributed by atoms with van der Waals surface area (Å²) in [6.45, 7) is 1.85. The first-order valence-corrected chi connectivity index (χ1v) is 8.18. The monoisotopic (exact) mass is 370 g/mol. The number of nitrogens with one attached hydrogen (secondary N) is 1. The Hall–Kier alpha value is -3.19. The van der Waals surface area contributed by atoms with Crippen molar-refractivity contribution in [1.82, 2.24) is 15.1 Å². The topological polar surface area (TPSA) is 90.1 Å². The van der Waals surface area contributed by atoms with Gasteiger partial charge in [0.25, 0.3) is 11.6 Å². The average Bonchev–Trinajstić information content (AvgIpc) is 3.12. The van der Waals surface area contributed by atoms with Crippen molar-refractivity contribution in [3.05, 3.63) is 87.2 Å². The van der Waals surface area contributed by atoms with Crippen molar-refractivity contribution in [3.8, 4) is 5.69 Å². The van der Waals surface area contributed by atoms with Crippen LogP contribution in [0.3, 0.4) is 0 Å². The molecule has 7 nitrogen and oxygen atoms in total. The second kappa shape index (κ2) is 7.37. The van der Waals surface area contributed by atoms with Gasteiger partial charge in [-0.15, -0.1) is 0 Å². The SMILES string of the molecule is CC(NC(=O)c1ccn(-c2cccc([N+](=O)[O-])c2)n1)c1cccc(Cl)c1. The number of non-ortho nitro benzene ring substituents is 1. The molecule has 0 bridgehead atoms. The highest BCUT2D eigenvalue weighted by molar-refractivity contribution is 6.30. The maximum absolute atomic E-state index is 12.4. The smallest absolute Gasteiger partial charge is 0.272 e. The predicted octanol–water partition coefficient (Wildman–Crippen LogP) is 3.92. The molecule has 26 heavy (non-hydrogen) atoms. The van der Waals surface area contributed by atoms with Gasteiger partial charge in [-0.25, -0.2) is 4.68 Å². The maximum atomic E-state index is 12.4. The van der Waals surface area contributed by atoms with Gasteiger partial charge >= 0.3 is 0 Å². The molecule has 0 spiro atoms. The largest absolute Gasteiger partial charge is 0.344 e. The van der Waals surface area contributed by atoms with Crippen molar-refractivity contribution in [2.75, 3.05) is 0 Å². The first kappa shape index (κ1) is 17.6. The fourth-order valence-corrected chi connectivity index (χ4v) is 2.67. The van der Waals surface area contributed by atoms with E-state index in [4.69, 9.17) is 11.6 Å². The van der Waals surface area contributed by atoms with Crippen molar-refractivity contribution in [1.29, 1.82) is 0 Å². The van der Waals surface area contributed by atoms with Crippen LogP contribution in [0.5, 0.6) is 0 Å². The van der Waals surface area contributed by atoms with Gasteiger partial charge < -0.3 is 5.32 Å². The Bertz CT molecular complexity index is 970. The van der Waals surface area contributed by atoms with E-state index in [1.165, 1.54) is 16.8 Å². The number of hydrogen-bond acceptors (Lipinski definition) is 4. The second-order valence-corrected chi connectivity index (χ2v) is 6.11. The molecule has 2 aromatic carbocycles. The summed E-state index contributed by atoms with van der Waals surface area (Å²) in [5.41, 5.74) is 1.55. The molecule has 3 rings (SSSR count). The van der Waals surface area contributed by atoms with E-state index in [9.17, 15) is 14.9 Å². The lowest BCUT2D eigenvalue weighted by atomic mass is 10.1. The van der Waals surface area contributed by atoms with Crippen molar-refractivity contribution < 1.29 is 9.72 Å². The quantitative estimate of drug-likeness (QED) is 0.544. The molecule has 0 radical (unpaired) electrons. The van der Waals surface area contributed by atoms with Crippen molar-refractivity contribution in [2.45, 2.75) is 13.0 Å². The van der Waals surface area contributed by atoms with Crippen molar-refractivity contribution in [3.63, 3.8) is 0 Å². The molecule has 0 aliphatic heterocycles. The molecule has 0 saturated heterocycles. The van der Waals surface area contributed by atoms with E-state index in [0.717, 1.165) is 5.56 Å². The molecule has 1 heterocycles. The number of nitrogens with zero attached hydrogens (tertiary/aromatic N) is 3. The normalized spacial score (nSPS) is 11.8. The Morgan fingerprint density at radius 3 is 2.73 bits per heavy atom. The van der Waals surface area contributed by atoms with Crippen LogP contribution in [-0.4, -0.2) is 20.6 Å². The summed E-state index contributed by atoms with van der Waals surface area (Å²) in [7, 11) is 0. The number of benzene rings is 2. The van der Waals surface area contributed by atoms with Crippen LogP contribution >= 0.6 is 11.6 Å². The van der Waals surface area contributed by atoms with Crippen LogP contribution in [-0.2, 0) is 0 Å². The molecular weight excluding hydrogens is 356 g/mol. The van der Waals surface area contributed by atoms with E-state index in [-0.39, 0.29) is 23.3 Å². The molecule has 8 heteroatoms. The second-order valence-electron chi connectivity index (χ2n) is 5.67. The first-order valence-electron chi connectivity index (χ1n) is 7.81. The lowest BCUT2D eigenvalue weighted by Gasteiger charge is -2.13. The molecule has 1 unspecified atom stereocenters. The van der Waals surface area contributed by atoms with Crippen molar-refractivity contribution in [2.24, 2.45) is 0 Å². The van der Waals surface area contributed by atoms with Gasteiger partial charge in [0.15, 0.2) is 5.69 Å². The van der Waals surface area contributed by atoms with Crippen LogP contribution < -0.4 is 5.32 Å². The molecule has 1 atom stereocenters. The van der Waals surface area contributed by atoms with Gasteiger partial charge in [-0.1, -0.05) is 29.8 Å². The Morgan fingerprint density at radius 2 is 2.00 bits per heavy atom. The summed E-state index contributed by atoms with van der Waals surface area (Å²) in [5.74, 6) is -0.346. The van der Waals surface area contributed by atoms with Gasteiger partial charge in [0.05, 0.1) is 16.7 Å². The fraction of sp³-hybridized carbons (Fsp3) is 0.111. The van der Waals surface area contributed by atoms with E-state index >= 15 is 0 Å². The van der Waals surface area contributed by atoms with E-state index in [1.54, 1.807) is 36.5 Å². The first-order chi connectivity index (χ1) is 12.4. The summed E-state index contributed by atoms with van der Waals surface area (Å²) in [5, 5.41) is 18.5. The fourth-order valence-electron chi connectivity index (χ4n) is 2.47. The number of rotatable bonds is 5. The molecule has 132 valence electrons. The van der Waals surface area contributed by atoms with Crippen LogP contribution in [0.25, 0.3) is 5.69 Å². The van der Waals surface area contributed by atoms with E-state index in [0.29, 0.717) is 10.7 Å². The minimum Gasteiger partial charge on any atom is -0.344 e. The number of halogens is 1. The van der Waals surface area contributed by atoms with E-state index < -0.39 is 4.92 Å². The average molecular weight is 371 g/mol. The number of carbonyl (C=O) groups is 1. The van der Waals surface area contributed by atoms with Gasteiger partial charge in [0, 0.05) is 23.4 Å². The molecule has 0 fully saturated rings. The van der Waals surface area contributed by atoms with E-state index in [2.05, 4.69) is 10.4 Å². The molecule has 1 N–H and O–H groups in total. The molecule has 0 aliphatic rings. The van der Waals surface area contributed by atoms with Gasteiger partial charge in [-0.3, -0.25) is 14.9 Å². The standard InChI is InChI=1S/C18H15ClN4O3/c1-12(13-4-2-5-14(19)10-13)20-18(24)17-8-9-22(21-17)15-6-3-7-16(11-15)23(25)26/h2-12H,1H3,(H,20,24). The number of aromatic nitrogens is 2. The minimum atomic E-state index is -0.479. The molecule has 1 amide bonds. The predicted molar refractivity (Wildman–Crippen MR) is 97.6 cm³/mol. The third-order valence-electron chi connectivity index (χ3n) is 3.82.